The van der Waals surface area contributed by atoms with Crippen molar-refractivity contribution in [3.05, 3.63) is 35.7 Å². The van der Waals surface area contributed by atoms with Crippen molar-refractivity contribution in [2.75, 3.05) is 13.1 Å². The van der Waals surface area contributed by atoms with Crippen LogP contribution in [-0.2, 0) is 0 Å². The maximum Gasteiger partial charge on any atom is 0.101 e. The Morgan fingerprint density at radius 3 is 3.24 bits per heavy atom. The number of allylic oxidation sites excluding steroid dienone is 1. The highest BCUT2D eigenvalue weighted by Gasteiger charge is 2.32. The van der Waals surface area contributed by atoms with E-state index in [1.165, 1.54) is 18.4 Å². The summed E-state index contributed by atoms with van der Waals surface area (Å²) >= 11 is 0. The Kier molecular flexibility index (Phi) is 2.66. The summed E-state index contributed by atoms with van der Waals surface area (Å²) in [6, 6.07) is 4.11. The molecule has 1 N–H and O–H groups in total. The van der Waals surface area contributed by atoms with Gasteiger partial charge in [-0.05, 0) is 48.4 Å². The number of nitrogens with one attached hydrogen (secondary N) is 1. The quantitative estimate of drug-likeness (QED) is 0.795. The summed E-state index contributed by atoms with van der Waals surface area (Å²) in [6.07, 6.45) is 8.27. The fourth-order valence-corrected chi connectivity index (χ4v) is 2.98. The zero-order valence-electron chi connectivity index (χ0n) is 9.69. The third-order valence-electron chi connectivity index (χ3n) is 3.87. The van der Waals surface area contributed by atoms with Crippen molar-refractivity contribution in [3.8, 4) is 6.07 Å². The van der Waals surface area contributed by atoms with Gasteiger partial charge in [0.1, 0.15) is 6.07 Å². The lowest BCUT2D eigenvalue weighted by Gasteiger charge is -2.28. The first-order chi connectivity index (χ1) is 8.38. The summed E-state index contributed by atoms with van der Waals surface area (Å²) in [4.78, 5) is 4.15. The second kappa shape index (κ2) is 4.31. The van der Waals surface area contributed by atoms with Gasteiger partial charge < -0.3 is 5.32 Å². The molecule has 3 rings (SSSR count). The molecule has 3 nitrogen and oxygen atoms in total. The van der Waals surface area contributed by atoms with Crippen molar-refractivity contribution < 1.29 is 0 Å². The Morgan fingerprint density at radius 1 is 1.41 bits per heavy atom. The Hall–Kier alpha value is -1.66. The Bertz CT molecular complexity index is 498. The highest BCUT2D eigenvalue weighted by atomic mass is 14.9. The molecule has 0 radical (unpaired) electrons. The van der Waals surface area contributed by atoms with Gasteiger partial charge in [-0.15, -0.1) is 0 Å². The summed E-state index contributed by atoms with van der Waals surface area (Å²) in [7, 11) is 0. The number of nitrogens with zero attached hydrogens (tertiary/aromatic N) is 2. The van der Waals surface area contributed by atoms with E-state index in [0.717, 1.165) is 24.6 Å². The lowest BCUT2D eigenvalue weighted by atomic mass is 9.84. The molecule has 2 aliphatic rings. The second-order valence-electron chi connectivity index (χ2n) is 4.83. The number of aromatic nitrogens is 1. The van der Waals surface area contributed by atoms with Crippen molar-refractivity contribution >= 4 is 5.57 Å². The van der Waals surface area contributed by atoms with Crippen LogP contribution in [0.1, 0.15) is 24.0 Å². The maximum atomic E-state index is 8.92. The summed E-state index contributed by atoms with van der Waals surface area (Å²) in [6.45, 7) is 2.20. The number of hydrogen-bond donors (Lipinski definition) is 1. The highest BCUT2D eigenvalue weighted by Crippen LogP contribution is 2.40. The third kappa shape index (κ3) is 1.85. The average molecular weight is 225 g/mol. The number of nitriles is 1. The van der Waals surface area contributed by atoms with Crippen LogP contribution in [0.4, 0.5) is 0 Å². The Morgan fingerprint density at radius 2 is 2.35 bits per heavy atom. The van der Waals surface area contributed by atoms with Crippen LogP contribution in [0.3, 0.4) is 0 Å². The van der Waals surface area contributed by atoms with E-state index in [1.807, 2.05) is 12.3 Å². The van der Waals surface area contributed by atoms with Gasteiger partial charge in [-0.1, -0.05) is 6.08 Å². The van der Waals surface area contributed by atoms with Gasteiger partial charge in [0.15, 0.2) is 0 Å². The van der Waals surface area contributed by atoms with E-state index in [2.05, 4.69) is 22.4 Å². The first-order valence-electron chi connectivity index (χ1n) is 6.15. The lowest BCUT2D eigenvalue weighted by Crippen LogP contribution is -2.34. The second-order valence-corrected chi connectivity index (χ2v) is 4.83. The predicted molar refractivity (Wildman–Crippen MR) is 66.0 cm³/mol. The van der Waals surface area contributed by atoms with E-state index < -0.39 is 0 Å². The van der Waals surface area contributed by atoms with Gasteiger partial charge in [0.2, 0.25) is 0 Å². The molecule has 0 aromatic carbocycles. The van der Waals surface area contributed by atoms with Crippen molar-refractivity contribution in [3.63, 3.8) is 0 Å². The predicted octanol–water partition coefficient (Wildman–Crippen LogP) is 1.97. The van der Waals surface area contributed by atoms with E-state index in [-0.39, 0.29) is 0 Å². The largest absolute Gasteiger partial charge is 0.316 e. The normalized spacial score (nSPS) is 27.1. The van der Waals surface area contributed by atoms with Crippen molar-refractivity contribution in [2.24, 2.45) is 11.8 Å². The summed E-state index contributed by atoms with van der Waals surface area (Å²) in [5.74, 6) is 1.40. The lowest BCUT2D eigenvalue weighted by molar-refractivity contribution is 0.328. The molecule has 2 atom stereocenters. The van der Waals surface area contributed by atoms with E-state index in [0.29, 0.717) is 11.5 Å². The molecule has 1 aromatic heterocycles. The van der Waals surface area contributed by atoms with E-state index in [9.17, 15) is 0 Å². The molecule has 86 valence electrons. The molecular weight excluding hydrogens is 210 g/mol. The van der Waals surface area contributed by atoms with Crippen LogP contribution < -0.4 is 5.32 Å². The SMILES string of the molecule is N#Cc1cncc(C2=CC[C@@H]3CCNC[C@H]23)c1. The molecule has 0 saturated carbocycles. The van der Waals surface area contributed by atoms with Crippen LogP contribution >= 0.6 is 0 Å². The fraction of sp³-hybridized carbons (Fsp3) is 0.429. The van der Waals surface area contributed by atoms with Gasteiger partial charge in [-0.25, -0.2) is 0 Å². The fourth-order valence-electron chi connectivity index (χ4n) is 2.98. The van der Waals surface area contributed by atoms with Crippen LogP contribution in [0.15, 0.2) is 24.5 Å². The van der Waals surface area contributed by atoms with Crippen LogP contribution in [0, 0.1) is 23.2 Å². The minimum absolute atomic E-state index is 0.611. The van der Waals surface area contributed by atoms with Gasteiger partial charge in [-0.3, -0.25) is 4.98 Å². The monoisotopic (exact) mass is 225 g/mol. The van der Waals surface area contributed by atoms with Gasteiger partial charge in [-0.2, -0.15) is 5.26 Å². The number of pyridine rings is 1. The van der Waals surface area contributed by atoms with Crippen LogP contribution in [0.25, 0.3) is 5.57 Å². The minimum atomic E-state index is 0.611. The summed E-state index contributed by atoms with van der Waals surface area (Å²) < 4.78 is 0. The van der Waals surface area contributed by atoms with Crippen molar-refractivity contribution in [1.82, 2.24) is 10.3 Å². The van der Waals surface area contributed by atoms with Crippen LogP contribution in [0.2, 0.25) is 0 Å². The smallest absolute Gasteiger partial charge is 0.101 e. The van der Waals surface area contributed by atoms with Crippen molar-refractivity contribution in [2.45, 2.75) is 12.8 Å². The number of piperidine rings is 1. The maximum absolute atomic E-state index is 8.92. The molecule has 1 fully saturated rings. The Balaban J connectivity index is 1.91. The molecule has 1 saturated heterocycles. The summed E-state index contributed by atoms with van der Waals surface area (Å²) in [5, 5.41) is 12.4. The average Bonchev–Trinajstić information content (AvgIpc) is 2.82. The molecule has 2 heterocycles. The number of fused-ring (bicyclic) bond motifs is 1. The highest BCUT2D eigenvalue weighted by molar-refractivity contribution is 5.70. The number of hydrogen-bond acceptors (Lipinski definition) is 3. The Labute approximate surface area is 101 Å². The minimum Gasteiger partial charge on any atom is -0.316 e. The first kappa shape index (κ1) is 10.5. The van der Waals surface area contributed by atoms with Gasteiger partial charge in [0, 0.05) is 18.9 Å². The van der Waals surface area contributed by atoms with E-state index in [4.69, 9.17) is 5.26 Å². The first-order valence-corrected chi connectivity index (χ1v) is 6.15. The van der Waals surface area contributed by atoms with E-state index in [1.54, 1.807) is 6.20 Å². The molecule has 1 aromatic rings. The summed E-state index contributed by atoms with van der Waals surface area (Å²) in [5.41, 5.74) is 3.16. The third-order valence-corrected chi connectivity index (χ3v) is 3.87. The molecule has 0 amide bonds. The topological polar surface area (TPSA) is 48.7 Å². The van der Waals surface area contributed by atoms with Crippen molar-refractivity contribution in [1.29, 1.82) is 5.26 Å². The number of rotatable bonds is 1. The standard InChI is InChI=1S/C14H15N3/c15-6-10-5-12(8-17-7-10)13-2-1-11-3-4-16-9-14(11)13/h2,5,7-8,11,14,16H,1,3-4,9H2/t11-,14+/m1/s1. The molecule has 17 heavy (non-hydrogen) atoms. The van der Waals surface area contributed by atoms with Gasteiger partial charge in [0.25, 0.3) is 0 Å². The molecule has 3 heteroatoms. The molecular formula is C14H15N3. The molecule has 1 aliphatic carbocycles. The van der Waals surface area contributed by atoms with E-state index >= 15 is 0 Å². The molecule has 1 aliphatic heterocycles. The zero-order chi connectivity index (χ0) is 11.7. The molecule has 0 spiro atoms. The van der Waals surface area contributed by atoms with Crippen LogP contribution in [-0.4, -0.2) is 18.1 Å². The zero-order valence-corrected chi connectivity index (χ0v) is 9.69. The molecule has 0 bridgehead atoms. The van der Waals surface area contributed by atoms with Crippen LogP contribution in [0.5, 0.6) is 0 Å². The molecule has 0 unspecified atom stereocenters. The van der Waals surface area contributed by atoms with Gasteiger partial charge >= 0.3 is 0 Å². The van der Waals surface area contributed by atoms with Gasteiger partial charge in [0.05, 0.1) is 5.56 Å².